The molecule has 4 nitrogen and oxygen atoms in total. The third-order valence-electron chi connectivity index (χ3n) is 2.94. The number of nitrogens with one attached hydrogen (secondary N) is 2. The van der Waals surface area contributed by atoms with Gasteiger partial charge in [-0.15, -0.1) is 0 Å². The maximum Gasteiger partial charge on any atom is 0.222 e. The highest BCUT2D eigenvalue weighted by molar-refractivity contribution is 5.77. The van der Waals surface area contributed by atoms with Crippen molar-refractivity contribution in [3.8, 4) is 6.07 Å². The summed E-state index contributed by atoms with van der Waals surface area (Å²) in [4.78, 5) is 11.4. The number of carbonyl (C=O) groups is 1. The Hall–Kier alpha value is -2.09. The molecule has 1 amide bonds. The van der Waals surface area contributed by atoms with Crippen LogP contribution in [0.5, 0.6) is 0 Å². The fourth-order valence-corrected chi connectivity index (χ4v) is 2.02. The minimum absolute atomic E-state index is 0.0148. The Labute approximate surface area is 105 Å². The highest BCUT2D eigenvalue weighted by Gasteiger charge is 2.18. The minimum Gasteiger partial charge on any atom is -0.379 e. The first-order valence-electron chi connectivity index (χ1n) is 5.92. The summed E-state index contributed by atoms with van der Waals surface area (Å²) in [5.74, 6) is -0.474. The normalized spacial score (nSPS) is 19.6. The van der Waals surface area contributed by atoms with Crippen molar-refractivity contribution in [3.05, 3.63) is 29.6 Å². The largest absolute Gasteiger partial charge is 0.379 e. The Morgan fingerprint density at radius 2 is 2.33 bits per heavy atom. The number of nitrogens with zero attached hydrogens (tertiary/aromatic N) is 1. The average molecular weight is 247 g/mol. The molecule has 1 aliphatic rings. The summed E-state index contributed by atoms with van der Waals surface area (Å²) in [6, 6.07) is 6.11. The zero-order valence-electron chi connectivity index (χ0n) is 9.87. The molecule has 0 spiro atoms. The van der Waals surface area contributed by atoms with Gasteiger partial charge in [0.05, 0.1) is 17.3 Å². The average Bonchev–Trinajstić information content (AvgIpc) is 2.56. The lowest BCUT2D eigenvalue weighted by molar-refractivity contribution is -0.120. The number of benzene rings is 1. The Balaban J connectivity index is 2.08. The predicted molar refractivity (Wildman–Crippen MR) is 65.4 cm³/mol. The molecule has 0 bridgehead atoms. The van der Waals surface area contributed by atoms with E-state index in [4.69, 9.17) is 5.26 Å². The third-order valence-corrected chi connectivity index (χ3v) is 2.94. The molecular weight excluding hydrogens is 233 g/mol. The fourth-order valence-electron chi connectivity index (χ4n) is 2.02. The van der Waals surface area contributed by atoms with Crippen LogP contribution in [0.2, 0.25) is 0 Å². The Morgan fingerprint density at radius 1 is 1.50 bits per heavy atom. The van der Waals surface area contributed by atoms with E-state index in [0.717, 1.165) is 12.8 Å². The monoisotopic (exact) mass is 247 g/mol. The van der Waals surface area contributed by atoms with E-state index in [1.807, 2.05) is 6.07 Å². The number of nitriles is 1. The lowest BCUT2D eigenvalue weighted by atomic mass is 10.1. The van der Waals surface area contributed by atoms with Crippen LogP contribution in [-0.4, -0.2) is 18.5 Å². The van der Waals surface area contributed by atoms with Crippen LogP contribution >= 0.6 is 0 Å². The van der Waals surface area contributed by atoms with Gasteiger partial charge >= 0.3 is 0 Å². The second kappa shape index (κ2) is 5.50. The second-order valence-electron chi connectivity index (χ2n) is 4.34. The van der Waals surface area contributed by atoms with Crippen molar-refractivity contribution in [3.63, 3.8) is 0 Å². The van der Waals surface area contributed by atoms with Crippen molar-refractivity contribution in [2.24, 2.45) is 0 Å². The maximum absolute atomic E-state index is 13.7. The van der Waals surface area contributed by atoms with Gasteiger partial charge in [-0.05, 0) is 31.0 Å². The molecule has 0 aromatic heterocycles. The molecule has 1 aromatic carbocycles. The van der Waals surface area contributed by atoms with Crippen molar-refractivity contribution in [1.29, 1.82) is 5.26 Å². The lowest BCUT2D eigenvalue weighted by Crippen LogP contribution is -2.27. The third kappa shape index (κ3) is 2.98. The van der Waals surface area contributed by atoms with E-state index in [9.17, 15) is 9.18 Å². The van der Waals surface area contributed by atoms with Crippen molar-refractivity contribution in [2.45, 2.75) is 25.3 Å². The number of halogens is 1. The van der Waals surface area contributed by atoms with E-state index in [-0.39, 0.29) is 17.5 Å². The van der Waals surface area contributed by atoms with E-state index in [1.54, 1.807) is 6.07 Å². The van der Waals surface area contributed by atoms with E-state index < -0.39 is 5.82 Å². The standard InChI is InChI=1S/C13H14FN3O/c14-11-6-9(8-15)3-4-12(11)17-10-2-1-5-16-13(18)7-10/h3-4,6,10,17H,1-2,5,7H2,(H,16,18). The molecule has 2 rings (SSSR count). The van der Waals surface area contributed by atoms with Crippen molar-refractivity contribution in [1.82, 2.24) is 5.32 Å². The SMILES string of the molecule is N#Cc1ccc(NC2CCCNC(=O)C2)c(F)c1. The zero-order valence-corrected chi connectivity index (χ0v) is 9.87. The van der Waals surface area contributed by atoms with E-state index in [1.165, 1.54) is 12.1 Å². The molecule has 94 valence electrons. The summed E-state index contributed by atoms with van der Waals surface area (Å²) in [5, 5.41) is 14.5. The first-order valence-corrected chi connectivity index (χ1v) is 5.92. The second-order valence-corrected chi connectivity index (χ2v) is 4.34. The number of rotatable bonds is 2. The summed E-state index contributed by atoms with van der Waals surface area (Å²) in [6.45, 7) is 0.673. The van der Waals surface area contributed by atoms with Gasteiger partial charge in [0.15, 0.2) is 0 Å². The minimum atomic E-state index is -0.460. The lowest BCUT2D eigenvalue weighted by Gasteiger charge is -2.17. The molecule has 1 fully saturated rings. The van der Waals surface area contributed by atoms with Crippen molar-refractivity contribution >= 4 is 11.6 Å². The number of anilines is 1. The van der Waals surface area contributed by atoms with Gasteiger partial charge in [-0.25, -0.2) is 4.39 Å². The summed E-state index contributed by atoms with van der Waals surface area (Å²) in [6.07, 6.45) is 2.04. The molecule has 1 unspecified atom stereocenters. The van der Waals surface area contributed by atoms with Crippen LogP contribution in [0, 0.1) is 17.1 Å². The van der Waals surface area contributed by atoms with Gasteiger partial charge in [0.25, 0.3) is 0 Å². The summed E-state index contributed by atoms with van der Waals surface area (Å²) >= 11 is 0. The quantitative estimate of drug-likeness (QED) is 0.837. The predicted octanol–water partition coefficient (Wildman–Crippen LogP) is 1.78. The van der Waals surface area contributed by atoms with Crippen LogP contribution in [0.15, 0.2) is 18.2 Å². The van der Waals surface area contributed by atoms with Crippen LogP contribution in [0.25, 0.3) is 0 Å². The van der Waals surface area contributed by atoms with Crippen LogP contribution < -0.4 is 10.6 Å². The summed E-state index contributed by atoms with van der Waals surface area (Å²) in [5.41, 5.74) is 0.630. The number of carbonyl (C=O) groups excluding carboxylic acids is 1. The van der Waals surface area contributed by atoms with Crippen LogP contribution in [0.1, 0.15) is 24.8 Å². The van der Waals surface area contributed by atoms with E-state index >= 15 is 0 Å². The van der Waals surface area contributed by atoms with E-state index in [0.29, 0.717) is 18.7 Å². The maximum atomic E-state index is 13.7. The van der Waals surface area contributed by atoms with Gasteiger partial charge in [0, 0.05) is 19.0 Å². The van der Waals surface area contributed by atoms with Gasteiger partial charge in [0.1, 0.15) is 5.82 Å². The zero-order chi connectivity index (χ0) is 13.0. The molecule has 1 heterocycles. The number of hydrogen-bond donors (Lipinski definition) is 2. The molecule has 0 aliphatic carbocycles. The summed E-state index contributed by atoms with van der Waals surface area (Å²) in [7, 11) is 0. The summed E-state index contributed by atoms with van der Waals surface area (Å²) < 4.78 is 13.7. The Morgan fingerprint density at radius 3 is 3.06 bits per heavy atom. The first-order chi connectivity index (χ1) is 8.69. The number of hydrogen-bond acceptors (Lipinski definition) is 3. The highest BCUT2D eigenvalue weighted by Crippen LogP contribution is 2.19. The molecule has 18 heavy (non-hydrogen) atoms. The van der Waals surface area contributed by atoms with Crippen LogP contribution in [0.3, 0.4) is 0 Å². The fraction of sp³-hybridized carbons (Fsp3) is 0.385. The molecule has 1 aromatic rings. The van der Waals surface area contributed by atoms with Crippen LogP contribution in [0.4, 0.5) is 10.1 Å². The van der Waals surface area contributed by atoms with Crippen molar-refractivity contribution < 1.29 is 9.18 Å². The molecule has 1 saturated heterocycles. The Bertz CT molecular complexity index is 495. The number of amides is 1. The first kappa shape index (κ1) is 12.4. The highest BCUT2D eigenvalue weighted by atomic mass is 19.1. The Kier molecular flexibility index (Phi) is 3.78. The molecule has 0 radical (unpaired) electrons. The smallest absolute Gasteiger partial charge is 0.222 e. The van der Waals surface area contributed by atoms with Crippen LogP contribution in [-0.2, 0) is 4.79 Å². The molecule has 5 heteroatoms. The van der Waals surface area contributed by atoms with Gasteiger partial charge in [-0.2, -0.15) is 5.26 Å². The molecule has 2 N–H and O–H groups in total. The van der Waals surface area contributed by atoms with Gasteiger partial charge < -0.3 is 10.6 Å². The topological polar surface area (TPSA) is 64.9 Å². The molecule has 1 atom stereocenters. The van der Waals surface area contributed by atoms with Gasteiger partial charge in [0.2, 0.25) is 5.91 Å². The van der Waals surface area contributed by atoms with Crippen molar-refractivity contribution in [2.75, 3.05) is 11.9 Å². The van der Waals surface area contributed by atoms with E-state index in [2.05, 4.69) is 10.6 Å². The molecule has 0 saturated carbocycles. The molecule has 1 aliphatic heterocycles. The molecular formula is C13H14FN3O. The van der Waals surface area contributed by atoms with Gasteiger partial charge in [-0.3, -0.25) is 4.79 Å². The van der Waals surface area contributed by atoms with Gasteiger partial charge in [-0.1, -0.05) is 0 Å².